The van der Waals surface area contributed by atoms with Crippen LogP contribution in [0.5, 0.6) is 0 Å². The molecule has 326 valence electrons. The van der Waals surface area contributed by atoms with Gasteiger partial charge in [0, 0.05) is 78.1 Å². The molecule has 2 aromatic heterocycles. The number of thiazole rings is 2. The maximum absolute atomic E-state index is 5.57. The highest BCUT2D eigenvalue weighted by molar-refractivity contribution is 8.76. The summed E-state index contributed by atoms with van der Waals surface area (Å²) in [6.07, 6.45) is 22.6. The van der Waals surface area contributed by atoms with Crippen LogP contribution in [0.4, 0.5) is 0 Å². The molecule has 0 aliphatic rings. The molecule has 2 atom stereocenters. The first-order valence-electron chi connectivity index (χ1n) is 21.7. The lowest BCUT2D eigenvalue weighted by Gasteiger charge is -2.24. The molecule has 0 N–H and O–H groups in total. The second-order valence-corrected chi connectivity index (χ2v) is 26.2. The molecule has 0 spiro atoms. The highest BCUT2D eigenvalue weighted by Crippen LogP contribution is 2.40. The fraction of sp³-hybridized carbons (Fsp3) is 0.682. The lowest BCUT2D eigenvalue weighted by molar-refractivity contribution is 0.122. The maximum atomic E-state index is 5.57. The van der Waals surface area contributed by atoms with Crippen molar-refractivity contribution in [3.8, 4) is 0 Å². The van der Waals surface area contributed by atoms with Crippen molar-refractivity contribution in [2.75, 3.05) is 54.2 Å². The standard InChI is InChI=1S/C44H72N2O6S4Si2/c1-47-57(48-2,49-3)33-25-17-13-9-7-11-15-19-27-37(43-45-39-29-21-23-31-41(39)55-43)35-53-54-36-38(44-46-40-30-22-24-32-42(40)56-44)28-20-16-12-8-10-14-18-26-34-58(50-4,51-5)52-6/h21-24,29-32,37-38H,7-20,25-28,33-36H2,1-6H3. The van der Waals surface area contributed by atoms with Gasteiger partial charge < -0.3 is 26.6 Å². The first kappa shape index (κ1) is 49.8. The molecule has 4 rings (SSSR count). The zero-order valence-corrected chi connectivity index (χ0v) is 41.6. The number of hydrogen-bond donors (Lipinski definition) is 0. The summed E-state index contributed by atoms with van der Waals surface area (Å²) in [7, 11) is 9.48. The molecule has 2 aromatic carbocycles. The molecule has 2 unspecified atom stereocenters. The minimum atomic E-state index is -2.43. The minimum absolute atomic E-state index is 0.493. The van der Waals surface area contributed by atoms with E-state index in [4.69, 9.17) is 36.5 Å². The summed E-state index contributed by atoms with van der Waals surface area (Å²) in [6, 6.07) is 19.1. The van der Waals surface area contributed by atoms with Crippen molar-refractivity contribution in [3.05, 3.63) is 58.5 Å². The van der Waals surface area contributed by atoms with Gasteiger partial charge in [-0.05, 0) is 49.9 Å². The fourth-order valence-corrected chi connectivity index (χ4v) is 16.4. The van der Waals surface area contributed by atoms with Crippen LogP contribution < -0.4 is 0 Å². The van der Waals surface area contributed by atoms with E-state index < -0.39 is 17.6 Å². The van der Waals surface area contributed by atoms with Gasteiger partial charge in [0.15, 0.2) is 0 Å². The van der Waals surface area contributed by atoms with E-state index in [0.29, 0.717) is 11.8 Å². The quantitative estimate of drug-likeness (QED) is 0.0253. The molecule has 58 heavy (non-hydrogen) atoms. The van der Waals surface area contributed by atoms with Gasteiger partial charge in [-0.1, -0.05) is 136 Å². The first-order chi connectivity index (χ1) is 28.4. The average molecular weight is 910 g/mol. The molecule has 8 nitrogen and oxygen atoms in total. The predicted molar refractivity (Wildman–Crippen MR) is 256 cm³/mol. The largest absolute Gasteiger partial charge is 0.500 e. The summed E-state index contributed by atoms with van der Waals surface area (Å²) < 4.78 is 36.1. The number of nitrogens with zero attached hydrogens (tertiary/aromatic N) is 2. The summed E-state index contributed by atoms with van der Waals surface area (Å²) in [5, 5.41) is 2.63. The average Bonchev–Trinajstić information content (AvgIpc) is 3.90. The van der Waals surface area contributed by atoms with Crippen molar-refractivity contribution in [2.45, 2.75) is 139 Å². The SMILES string of the molecule is CO[Si](CCCCCCCCCCC(CSSCC(CCCCCCCCCC[Si](OC)(OC)OC)c1nc2ccccc2s1)c1nc2ccccc2s1)(OC)OC. The van der Waals surface area contributed by atoms with Gasteiger partial charge in [-0.2, -0.15) is 0 Å². The number of fused-ring (bicyclic) bond motifs is 2. The Balaban J connectivity index is 1.20. The van der Waals surface area contributed by atoms with E-state index in [-0.39, 0.29) is 0 Å². The highest BCUT2D eigenvalue weighted by atomic mass is 33.1. The summed E-state index contributed by atoms with van der Waals surface area (Å²) in [5.41, 5.74) is 2.29. The van der Waals surface area contributed by atoms with Crippen LogP contribution in [0.3, 0.4) is 0 Å². The van der Waals surface area contributed by atoms with E-state index >= 15 is 0 Å². The molecule has 4 aromatic rings. The van der Waals surface area contributed by atoms with Crippen LogP contribution >= 0.6 is 44.3 Å². The molecule has 14 heteroatoms. The van der Waals surface area contributed by atoms with Crippen LogP contribution in [0.25, 0.3) is 20.4 Å². The lowest BCUT2D eigenvalue weighted by Crippen LogP contribution is -2.42. The summed E-state index contributed by atoms with van der Waals surface area (Å²) >= 11 is 3.80. The van der Waals surface area contributed by atoms with Crippen LogP contribution in [-0.4, -0.2) is 81.7 Å². The number of unbranched alkanes of at least 4 members (excludes halogenated alkanes) is 14. The predicted octanol–water partition coefficient (Wildman–Crippen LogP) is 13.9. The van der Waals surface area contributed by atoms with Gasteiger partial charge in [0.25, 0.3) is 0 Å². The Kier molecular flexibility index (Phi) is 24.6. The van der Waals surface area contributed by atoms with Crippen molar-refractivity contribution in [1.29, 1.82) is 0 Å². The van der Waals surface area contributed by atoms with E-state index in [2.05, 4.69) is 70.1 Å². The van der Waals surface area contributed by atoms with Crippen LogP contribution in [0.1, 0.15) is 137 Å². The minimum Gasteiger partial charge on any atom is -0.377 e. The second kappa shape index (κ2) is 28.7. The van der Waals surface area contributed by atoms with Crippen molar-refractivity contribution in [1.82, 2.24) is 9.97 Å². The van der Waals surface area contributed by atoms with E-state index in [1.807, 2.05) is 22.7 Å². The van der Waals surface area contributed by atoms with Gasteiger partial charge in [-0.3, -0.25) is 0 Å². The second-order valence-electron chi connectivity index (χ2n) is 15.3. The zero-order chi connectivity index (χ0) is 41.3. The van der Waals surface area contributed by atoms with Gasteiger partial charge >= 0.3 is 17.6 Å². The third kappa shape index (κ3) is 16.8. The molecule has 0 bridgehead atoms. The molecule has 0 saturated carbocycles. The third-order valence-corrected chi connectivity index (χ3v) is 22.0. The molecular formula is C44H72N2O6S4Si2. The summed E-state index contributed by atoms with van der Waals surface area (Å²) in [5.74, 6) is 3.20. The molecule has 0 radical (unpaired) electrons. The first-order valence-corrected chi connectivity index (χ1v) is 29.7. The van der Waals surface area contributed by atoms with Crippen LogP contribution in [0, 0.1) is 0 Å². The Labute approximate surface area is 368 Å². The number of rotatable bonds is 35. The van der Waals surface area contributed by atoms with Crippen LogP contribution in [0.15, 0.2) is 48.5 Å². The molecule has 0 fully saturated rings. The molecular weight excluding hydrogens is 837 g/mol. The van der Waals surface area contributed by atoms with Crippen molar-refractivity contribution in [2.24, 2.45) is 0 Å². The highest BCUT2D eigenvalue weighted by Gasteiger charge is 2.37. The summed E-state index contributed by atoms with van der Waals surface area (Å²) in [6.45, 7) is 0. The molecule has 0 aliphatic heterocycles. The smallest absolute Gasteiger partial charge is 0.377 e. The Hall–Kier alpha value is -0.886. The van der Waals surface area contributed by atoms with Gasteiger partial charge in [0.1, 0.15) is 0 Å². The Morgan fingerprint density at radius 1 is 0.448 bits per heavy atom. The van der Waals surface area contributed by atoms with Crippen molar-refractivity contribution < 1.29 is 26.6 Å². The molecule has 0 saturated heterocycles. The Morgan fingerprint density at radius 2 is 0.759 bits per heavy atom. The third-order valence-electron chi connectivity index (χ3n) is 11.4. The van der Waals surface area contributed by atoms with Gasteiger partial charge in [0.2, 0.25) is 0 Å². The number of para-hydroxylation sites is 2. The van der Waals surface area contributed by atoms with Gasteiger partial charge in [0.05, 0.1) is 30.4 Å². The normalized spacial score (nSPS) is 13.6. The number of benzene rings is 2. The summed E-state index contributed by atoms with van der Waals surface area (Å²) in [4.78, 5) is 10.3. The lowest BCUT2D eigenvalue weighted by atomic mass is 10.0. The Bertz CT molecular complexity index is 1450. The maximum Gasteiger partial charge on any atom is 0.500 e. The molecule has 2 heterocycles. The van der Waals surface area contributed by atoms with Gasteiger partial charge in [-0.15, -0.1) is 22.7 Å². The topological polar surface area (TPSA) is 81.2 Å². The fourth-order valence-electron chi connectivity index (χ4n) is 7.64. The van der Waals surface area contributed by atoms with Crippen molar-refractivity contribution in [3.63, 3.8) is 0 Å². The van der Waals surface area contributed by atoms with Crippen LogP contribution in [-0.2, 0) is 26.6 Å². The van der Waals surface area contributed by atoms with Crippen molar-refractivity contribution >= 4 is 82.3 Å². The van der Waals surface area contributed by atoms with E-state index in [1.54, 1.807) is 42.7 Å². The van der Waals surface area contributed by atoms with E-state index in [1.165, 1.54) is 122 Å². The monoisotopic (exact) mass is 908 g/mol. The van der Waals surface area contributed by atoms with Crippen LogP contribution in [0.2, 0.25) is 12.1 Å². The van der Waals surface area contributed by atoms with E-state index in [0.717, 1.165) is 47.5 Å². The molecule has 0 aliphatic carbocycles. The van der Waals surface area contributed by atoms with E-state index in [9.17, 15) is 0 Å². The number of hydrogen-bond acceptors (Lipinski definition) is 12. The zero-order valence-electron chi connectivity index (χ0n) is 36.3. The van der Waals surface area contributed by atoms with Gasteiger partial charge in [-0.25, -0.2) is 9.97 Å². The Morgan fingerprint density at radius 3 is 1.09 bits per heavy atom. The number of aromatic nitrogens is 2. The molecule has 0 amide bonds.